The fraction of sp³-hybridized carbons (Fsp3) is 0.333. The number of alkyl halides is 3. The fourth-order valence-electron chi connectivity index (χ4n) is 5.01. The van der Waals surface area contributed by atoms with Crippen molar-refractivity contribution in [2.75, 3.05) is 36.6 Å². The number of hydrogen-bond acceptors (Lipinski definition) is 5. The molecule has 2 aliphatic heterocycles. The van der Waals surface area contributed by atoms with E-state index in [1.54, 1.807) is 6.07 Å². The minimum Gasteiger partial charge on any atom is -0.396 e. The molecular formula is C27H26F3N3O3. The van der Waals surface area contributed by atoms with Crippen LogP contribution in [-0.4, -0.2) is 48.4 Å². The highest BCUT2D eigenvalue weighted by molar-refractivity contribution is 6.03. The van der Waals surface area contributed by atoms with E-state index in [0.29, 0.717) is 18.9 Å². The van der Waals surface area contributed by atoms with Gasteiger partial charge in [0.15, 0.2) is 0 Å². The van der Waals surface area contributed by atoms with Crippen molar-refractivity contribution < 1.29 is 27.8 Å². The van der Waals surface area contributed by atoms with Crippen LogP contribution in [0.15, 0.2) is 54.6 Å². The number of ether oxygens (including phenoxy) is 1. The number of aliphatic hydroxyl groups is 1. The molecule has 5 rings (SSSR count). The molecule has 0 unspecified atom stereocenters. The molecule has 1 saturated heterocycles. The first-order chi connectivity index (χ1) is 17.2. The summed E-state index contributed by atoms with van der Waals surface area (Å²) in [5.74, 6) is -0.596. The van der Waals surface area contributed by atoms with Crippen molar-refractivity contribution in [3.05, 3.63) is 77.1 Å². The summed E-state index contributed by atoms with van der Waals surface area (Å²) in [4.78, 5) is 18.4. The summed E-state index contributed by atoms with van der Waals surface area (Å²) in [6, 6.07) is 15.0. The van der Waals surface area contributed by atoms with E-state index < -0.39 is 17.8 Å². The standard InChI is InChI=1S/C27H26F3N3O3/c1-16-5-8-20(31-26(35)22-3-2-4-25(32-22)27(28,29)30)13-21(16)17-6-7-18-11-19(14-34)24-15-36-10-9-33(24)23(18)12-17/h2-8,12-13,19,24,34H,9-11,14-15H2,1H3,(H,31,35)/t19-,24-/m0/s1. The topological polar surface area (TPSA) is 74.7 Å². The predicted molar refractivity (Wildman–Crippen MR) is 130 cm³/mol. The van der Waals surface area contributed by atoms with Gasteiger partial charge in [0.05, 0.1) is 19.3 Å². The van der Waals surface area contributed by atoms with Gasteiger partial charge in [-0.05, 0) is 65.9 Å². The maximum absolute atomic E-state index is 13.0. The second kappa shape index (κ2) is 9.55. The minimum atomic E-state index is -4.63. The molecule has 0 radical (unpaired) electrons. The zero-order valence-corrected chi connectivity index (χ0v) is 19.7. The smallest absolute Gasteiger partial charge is 0.396 e. The third-order valence-corrected chi connectivity index (χ3v) is 6.90. The molecule has 2 atom stereocenters. The van der Waals surface area contributed by atoms with Crippen molar-refractivity contribution in [3.63, 3.8) is 0 Å². The fourth-order valence-corrected chi connectivity index (χ4v) is 5.01. The van der Waals surface area contributed by atoms with Crippen molar-refractivity contribution in [3.8, 4) is 11.1 Å². The number of hydrogen-bond donors (Lipinski definition) is 2. The second-order valence-electron chi connectivity index (χ2n) is 9.22. The number of morpholine rings is 1. The van der Waals surface area contributed by atoms with Crippen LogP contribution < -0.4 is 10.2 Å². The summed E-state index contributed by atoms with van der Waals surface area (Å²) >= 11 is 0. The predicted octanol–water partition coefficient (Wildman–Crippen LogP) is 4.70. The largest absolute Gasteiger partial charge is 0.433 e. The normalized spacial score (nSPS) is 19.4. The Labute approximate surface area is 206 Å². The van der Waals surface area contributed by atoms with Crippen molar-refractivity contribution in [1.82, 2.24) is 4.98 Å². The van der Waals surface area contributed by atoms with Crippen LogP contribution in [-0.2, 0) is 17.3 Å². The highest BCUT2D eigenvalue weighted by Gasteiger charge is 2.36. The van der Waals surface area contributed by atoms with E-state index in [1.165, 1.54) is 17.7 Å². The van der Waals surface area contributed by atoms with Crippen LogP contribution in [0.25, 0.3) is 11.1 Å². The van der Waals surface area contributed by atoms with Gasteiger partial charge >= 0.3 is 6.18 Å². The van der Waals surface area contributed by atoms with Crippen molar-refractivity contribution in [2.24, 2.45) is 5.92 Å². The molecule has 2 aliphatic rings. The van der Waals surface area contributed by atoms with E-state index in [0.717, 1.165) is 41.4 Å². The lowest BCUT2D eigenvalue weighted by molar-refractivity contribution is -0.141. The summed E-state index contributed by atoms with van der Waals surface area (Å²) in [6.45, 7) is 4.03. The molecule has 0 bridgehead atoms. The van der Waals surface area contributed by atoms with Crippen LogP contribution in [0.1, 0.15) is 27.3 Å². The van der Waals surface area contributed by atoms with Crippen LogP contribution in [0, 0.1) is 12.8 Å². The molecule has 0 aliphatic carbocycles. The summed E-state index contributed by atoms with van der Waals surface area (Å²) in [5.41, 5.74) is 4.20. The molecular weight excluding hydrogens is 471 g/mol. The van der Waals surface area contributed by atoms with Gasteiger partial charge < -0.3 is 20.1 Å². The highest BCUT2D eigenvalue weighted by atomic mass is 19.4. The maximum atomic E-state index is 13.0. The first-order valence-electron chi connectivity index (χ1n) is 11.8. The number of amides is 1. The first kappa shape index (κ1) is 24.3. The quantitative estimate of drug-likeness (QED) is 0.547. The van der Waals surface area contributed by atoms with Gasteiger partial charge in [0, 0.05) is 30.4 Å². The Morgan fingerprint density at radius 1 is 1.19 bits per heavy atom. The van der Waals surface area contributed by atoms with Crippen molar-refractivity contribution >= 4 is 17.3 Å². The lowest BCUT2D eigenvalue weighted by Crippen LogP contribution is -2.53. The maximum Gasteiger partial charge on any atom is 0.433 e. The third-order valence-electron chi connectivity index (χ3n) is 6.90. The number of carbonyl (C=O) groups is 1. The Morgan fingerprint density at radius 2 is 2.03 bits per heavy atom. The molecule has 1 fully saturated rings. The third kappa shape index (κ3) is 4.68. The number of aryl methyl sites for hydroxylation is 1. The van der Waals surface area contributed by atoms with Gasteiger partial charge in [-0.2, -0.15) is 13.2 Å². The molecule has 1 amide bonds. The Bertz CT molecular complexity index is 1290. The van der Waals surface area contributed by atoms with E-state index in [4.69, 9.17) is 4.74 Å². The SMILES string of the molecule is Cc1ccc(NC(=O)c2cccc(C(F)(F)F)n2)cc1-c1ccc2c(c1)N1CCOC[C@H]1[C@H](CO)C2. The molecule has 0 spiro atoms. The zero-order valence-electron chi connectivity index (χ0n) is 19.7. The Balaban J connectivity index is 1.43. The lowest BCUT2D eigenvalue weighted by Gasteiger charge is -2.46. The van der Waals surface area contributed by atoms with E-state index >= 15 is 0 Å². The van der Waals surface area contributed by atoms with E-state index in [-0.39, 0.29) is 24.3 Å². The van der Waals surface area contributed by atoms with Gasteiger partial charge in [0.1, 0.15) is 11.4 Å². The van der Waals surface area contributed by atoms with Crippen LogP contribution in [0.3, 0.4) is 0 Å². The van der Waals surface area contributed by atoms with E-state index in [2.05, 4.69) is 27.3 Å². The number of pyridine rings is 1. The summed E-state index contributed by atoms with van der Waals surface area (Å²) in [5, 5.41) is 12.6. The Hall–Kier alpha value is -3.43. The number of nitrogens with one attached hydrogen (secondary N) is 1. The highest BCUT2D eigenvalue weighted by Crippen LogP contribution is 2.39. The van der Waals surface area contributed by atoms with E-state index in [9.17, 15) is 23.1 Å². The first-order valence-corrected chi connectivity index (χ1v) is 11.8. The number of benzene rings is 2. The van der Waals surface area contributed by atoms with Crippen LogP contribution in [0.5, 0.6) is 0 Å². The van der Waals surface area contributed by atoms with Crippen LogP contribution >= 0.6 is 0 Å². The van der Waals surface area contributed by atoms with Crippen molar-refractivity contribution in [2.45, 2.75) is 25.6 Å². The number of rotatable bonds is 4. The summed E-state index contributed by atoms with van der Waals surface area (Å²) in [6.07, 6.45) is -3.85. The molecule has 1 aromatic heterocycles. The molecule has 9 heteroatoms. The molecule has 2 aromatic carbocycles. The van der Waals surface area contributed by atoms with Crippen molar-refractivity contribution in [1.29, 1.82) is 0 Å². The van der Waals surface area contributed by atoms with Crippen LogP contribution in [0.2, 0.25) is 0 Å². The second-order valence-corrected chi connectivity index (χ2v) is 9.22. The summed E-state index contributed by atoms with van der Waals surface area (Å²) < 4.78 is 44.7. The van der Waals surface area contributed by atoms with Gasteiger partial charge in [0.25, 0.3) is 5.91 Å². The van der Waals surface area contributed by atoms with Gasteiger partial charge in [-0.3, -0.25) is 4.79 Å². The Morgan fingerprint density at radius 3 is 2.81 bits per heavy atom. The lowest BCUT2D eigenvalue weighted by atomic mass is 9.84. The molecule has 3 aromatic rings. The number of carbonyl (C=O) groups excluding carboxylic acids is 1. The number of nitrogens with zero attached hydrogens (tertiary/aromatic N) is 2. The molecule has 3 heterocycles. The van der Waals surface area contributed by atoms with Gasteiger partial charge in [-0.1, -0.05) is 24.3 Å². The van der Waals surface area contributed by atoms with Gasteiger partial charge in [-0.25, -0.2) is 4.98 Å². The van der Waals surface area contributed by atoms with Crippen LogP contribution in [0.4, 0.5) is 24.5 Å². The van der Waals surface area contributed by atoms with E-state index in [1.807, 2.05) is 25.1 Å². The molecule has 2 N–H and O–H groups in total. The molecule has 0 saturated carbocycles. The number of aromatic nitrogens is 1. The number of aliphatic hydroxyl groups excluding tert-OH is 1. The van der Waals surface area contributed by atoms with Gasteiger partial charge in [0.2, 0.25) is 0 Å². The number of halogens is 3. The summed E-state index contributed by atoms with van der Waals surface area (Å²) in [7, 11) is 0. The minimum absolute atomic E-state index is 0.104. The van der Waals surface area contributed by atoms with Gasteiger partial charge in [-0.15, -0.1) is 0 Å². The average molecular weight is 498 g/mol. The Kier molecular flexibility index (Phi) is 6.44. The molecule has 36 heavy (non-hydrogen) atoms. The zero-order chi connectivity index (χ0) is 25.4. The molecule has 6 nitrogen and oxygen atoms in total. The molecule has 188 valence electrons. The average Bonchev–Trinajstić information content (AvgIpc) is 2.88. The number of fused-ring (bicyclic) bond motifs is 3. The number of anilines is 2. The monoisotopic (exact) mass is 497 g/mol.